The van der Waals surface area contributed by atoms with Gasteiger partial charge in [-0.3, -0.25) is 44.6 Å². The Labute approximate surface area is 440 Å². The zero-order chi connectivity index (χ0) is 51.8. The number of nitrogens with two attached hydrogens (primary N) is 1. The number of carbonyl (C=O) groups is 1. The Morgan fingerprint density at radius 1 is 0.792 bits per heavy atom. The van der Waals surface area contributed by atoms with Crippen LogP contribution >= 0.6 is 0 Å². The fraction of sp³-hybridized carbons (Fsp3) is 0.138. The van der Waals surface area contributed by atoms with E-state index in [2.05, 4.69) is 57.2 Å². The number of likely N-dealkylation sites (tertiary alicyclic amines) is 1. The van der Waals surface area contributed by atoms with Crippen molar-refractivity contribution in [1.82, 2.24) is 44.8 Å². The van der Waals surface area contributed by atoms with Crippen molar-refractivity contribution in [1.29, 1.82) is 0 Å². The quantitative estimate of drug-likeness (QED) is 0.0588. The molecule has 9 aromatic heterocycles. The molecular weight excluding hydrogens is 969 g/mol. The minimum Gasteiger partial charge on any atom is -0.472 e. The topological polar surface area (TPSA) is 251 Å². The first kappa shape index (κ1) is 46.6. The van der Waals surface area contributed by atoms with Crippen LogP contribution in [-0.4, -0.2) is 88.4 Å². The van der Waals surface area contributed by atoms with Gasteiger partial charge in [0.15, 0.2) is 11.6 Å². The fourth-order valence-corrected chi connectivity index (χ4v) is 10.0. The molecular formula is C58H48N16O3. The number of allylic oxidation sites excluding steroid dienone is 1. The van der Waals surface area contributed by atoms with Crippen molar-refractivity contribution in [2.24, 2.45) is 9.98 Å². The van der Waals surface area contributed by atoms with Crippen LogP contribution in [0.15, 0.2) is 172 Å². The van der Waals surface area contributed by atoms with Crippen molar-refractivity contribution in [3.8, 4) is 56.2 Å². The van der Waals surface area contributed by atoms with E-state index in [9.17, 15) is 4.79 Å². The molecule has 0 spiro atoms. The summed E-state index contributed by atoms with van der Waals surface area (Å²) in [4.78, 5) is 62.6. The number of rotatable bonds is 13. The summed E-state index contributed by atoms with van der Waals surface area (Å²) in [7, 11) is 0. The highest BCUT2D eigenvalue weighted by molar-refractivity contribution is 6.20. The molecule has 19 nitrogen and oxygen atoms in total. The molecule has 12 heterocycles. The zero-order valence-electron chi connectivity index (χ0n) is 41.6. The lowest BCUT2D eigenvalue weighted by atomic mass is 9.99. The summed E-state index contributed by atoms with van der Waals surface area (Å²) in [6, 6.07) is 20.7. The monoisotopic (exact) mass is 1020 g/mol. The summed E-state index contributed by atoms with van der Waals surface area (Å²) in [5.41, 5.74) is 23.1. The van der Waals surface area contributed by atoms with Crippen molar-refractivity contribution in [3.05, 3.63) is 181 Å². The molecule has 3 aliphatic rings. The summed E-state index contributed by atoms with van der Waals surface area (Å²) in [6.45, 7) is 5.81. The minimum atomic E-state index is -0.277. The maximum atomic E-state index is 13.3. The first-order valence-corrected chi connectivity index (χ1v) is 25.2. The van der Waals surface area contributed by atoms with E-state index >= 15 is 0 Å². The smallest absolute Gasteiger partial charge is 0.255 e. The summed E-state index contributed by atoms with van der Waals surface area (Å²) >= 11 is 0. The maximum absolute atomic E-state index is 13.3. The number of nitrogens with one attached hydrogen (secondary N) is 5. The third-order valence-electron chi connectivity index (χ3n) is 13.7. The standard InChI is InChI=1S/C58H48N16O3/c1-2-64-52(49-28-66-53-42(35-10-13-76-30-35)23-62-25-47(53)70-49)41-18-45(37-15-39(22-61-21-37)69-58(75)34-8-4-3-5-9-34)71-56(51(41)59)50-16-38(31-77-50)43-24-63-26-48-54(43)73-57(72-48)55-40-17-44(65-27-46(40)67-32-68-55)36-14-33(19-60-20-36)29-74-11-6-7-12-74/h3-5,8-10,13-28,30-31,66-67,70H,2,6-7,11-12,29,32,59H2,1H3,(H,69,75)(H,72,73). The molecule has 0 atom stereocenters. The van der Waals surface area contributed by atoms with Gasteiger partial charge in [0.05, 0.1) is 100 Å². The molecule has 0 aliphatic carbocycles. The molecule has 10 aromatic rings. The Morgan fingerprint density at radius 3 is 2.48 bits per heavy atom. The number of hydrogen-bond acceptors (Lipinski definition) is 17. The highest BCUT2D eigenvalue weighted by Crippen LogP contribution is 2.41. The maximum Gasteiger partial charge on any atom is 0.255 e. The third-order valence-corrected chi connectivity index (χ3v) is 13.7. The third kappa shape index (κ3) is 9.09. The van der Waals surface area contributed by atoms with Gasteiger partial charge in [-0.25, -0.2) is 9.97 Å². The van der Waals surface area contributed by atoms with Gasteiger partial charge in [-0.1, -0.05) is 18.2 Å². The second kappa shape index (κ2) is 19.9. The second-order valence-electron chi connectivity index (χ2n) is 18.8. The molecule has 19 heteroatoms. The predicted molar refractivity (Wildman–Crippen MR) is 297 cm³/mol. The van der Waals surface area contributed by atoms with E-state index in [1.807, 2.05) is 80.2 Å². The molecule has 378 valence electrons. The van der Waals surface area contributed by atoms with Crippen LogP contribution in [0.1, 0.15) is 52.6 Å². The Balaban J connectivity index is 0.861. The lowest BCUT2D eigenvalue weighted by Crippen LogP contribution is -2.21. The Bertz CT molecular complexity index is 3990. The number of aromatic nitrogens is 8. The highest BCUT2D eigenvalue weighted by atomic mass is 16.3. The van der Waals surface area contributed by atoms with E-state index in [0.717, 1.165) is 70.2 Å². The number of benzene rings is 1. The number of pyridine rings is 6. The highest BCUT2D eigenvalue weighted by Gasteiger charge is 2.27. The van der Waals surface area contributed by atoms with Gasteiger partial charge in [-0.2, -0.15) is 0 Å². The van der Waals surface area contributed by atoms with Crippen molar-refractivity contribution < 1.29 is 13.6 Å². The van der Waals surface area contributed by atoms with Crippen LogP contribution in [0.4, 0.5) is 28.4 Å². The molecule has 1 saturated heterocycles. The van der Waals surface area contributed by atoms with Crippen molar-refractivity contribution in [2.75, 3.05) is 53.3 Å². The van der Waals surface area contributed by atoms with Gasteiger partial charge < -0.3 is 40.8 Å². The number of nitrogen functional groups attached to an aromatic ring is 1. The molecule has 1 amide bonds. The molecule has 0 unspecified atom stereocenters. The van der Waals surface area contributed by atoms with Crippen molar-refractivity contribution >= 4 is 56.8 Å². The Morgan fingerprint density at radius 2 is 1.62 bits per heavy atom. The van der Waals surface area contributed by atoms with Crippen LogP contribution in [0, 0.1) is 0 Å². The first-order chi connectivity index (χ1) is 37.9. The lowest BCUT2D eigenvalue weighted by molar-refractivity contribution is 0.102. The van der Waals surface area contributed by atoms with E-state index in [1.165, 1.54) is 12.8 Å². The molecule has 0 saturated carbocycles. The van der Waals surface area contributed by atoms with Gasteiger partial charge in [0.1, 0.15) is 23.6 Å². The summed E-state index contributed by atoms with van der Waals surface area (Å²) in [5.74, 6) is 0.683. The van der Waals surface area contributed by atoms with Gasteiger partial charge in [0.25, 0.3) is 5.91 Å². The molecule has 13 rings (SSSR count). The molecule has 1 fully saturated rings. The zero-order valence-corrected chi connectivity index (χ0v) is 41.6. The van der Waals surface area contributed by atoms with E-state index in [-0.39, 0.29) is 5.91 Å². The van der Waals surface area contributed by atoms with Crippen LogP contribution in [0.2, 0.25) is 0 Å². The number of imidazole rings is 1. The molecule has 77 heavy (non-hydrogen) atoms. The van der Waals surface area contributed by atoms with E-state index < -0.39 is 0 Å². The molecule has 0 radical (unpaired) electrons. The van der Waals surface area contributed by atoms with Crippen LogP contribution in [0.5, 0.6) is 0 Å². The number of anilines is 5. The number of furan rings is 2. The van der Waals surface area contributed by atoms with E-state index in [4.69, 9.17) is 39.5 Å². The average Bonchev–Trinajstić information content (AvgIpc) is 4.39. The number of aliphatic imine (C=N–C) groups is 2. The molecule has 0 bridgehead atoms. The van der Waals surface area contributed by atoms with Crippen molar-refractivity contribution in [3.63, 3.8) is 0 Å². The van der Waals surface area contributed by atoms with Crippen LogP contribution in [-0.2, 0) is 6.54 Å². The fourth-order valence-electron chi connectivity index (χ4n) is 10.0. The molecule has 7 N–H and O–H groups in total. The van der Waals surface area contributed by atoms with Gasteiger partial charge in [-0.05, 0) is 86.9 Å². The van der Waals surface area contributed by atoms with Crippen LogP contribution in [0.25, 0.3) is 67.3 Å². The number of hydrogen-bond donors (Lipinski definition) is 6. The number of fused-ring (bicyclic) bond motifs is 3. The van der Waals surface area contributed by atoms with Crippen LogP contribution < -0.4 is 27.0 Å². The van der Waals surface area contributed by atoms with Gasteiger partial charge in [0.2, 0.25) is 0 Å². The number of nitrogens with zero attached hydrogens (tertiary/aromatic N) is 10. The molecule has 3 aliphatic heterocycles. The van der Waals surface area contributed by atoms with Crippen molar-refractivity contribution in [2.45, 2.75) is 26.3 Å². The Kier molecular flexibility index (Phi) is 12.1. The minimum absolute atomic E-state index is 0.277. The second-order valence-corrected chi connectivity index (χ2v) is 18.8. The average molecular weight is 1020 g/mol. The Hall–Kier alpha value is -10.1. The summed E-state index contributed by atoms with van der Waals surface area (Å²) < 4.78 is 11.8. The summed E-state index contributed by atoms with van der Waals surface area (Å²) in [6.07, 6.45) is 25.2. The number of aromatic amines is 1. The van der Waals surface area contributed by atoms with Gasteiger partial charge in [0, 0.05) is 100 Å². The SMILES string of the molecule is CCN=C(C1=CNc2c(cncc2-c2ccoc2)N1)c1cc(-c2cncc(NC(=O)c3ccccc3)c2)nc(-c2cc(-c3cncc4[nH]c(C5=NCNc6cnc(-c7cncc(CN8CCCC8)c7)cc65)nc34)co2)c1N. The van der Waals surface area contributed by atoms with Gasteiger partial charge >= 0.3 is 0 Å². The van der Waals surface area contributed by atoms with Gasteiger partial charge in [-0.15, -0.1) is 0 Å². The number of H-pyrrole nitrogens is 1. The predicted octanol–water partition coefficient (Wildman–Crippen LogP) is 10.3. The molecule has 1 aromatic carbocycles. The normalized spacial score (nSPS) is 14.2. The van der Waals surface area contributed by atoms with E-state index in [1.54, 1.807) is 68.1 Å². The summed E-state index contributed by atoms with van der Waals surface area (Å²) in [5, 5.41) is 13.4. The first-order valence-electron chi connectivity index (χ1n) is 25.2. The number of carbonyl (C=O) groups excluding carboxylic acids is 1. The van der Waals surface area contributed by atoms with Crippen LogP contribution in [0.3, 0.4) is 0 Å². The lowest BCUT2D eigenvalue weighted by Gasteiger charge is -2.24. The number of amides is 1. The van der Waals surface area contributed by atoms with E-state index in [0.29, 0.717) is 104 Å². The largest absolute Gasteiger partial charge is 0.472 e.